The van der Waals surface area contributed by atoms with E-state index >= 15 is 0 Å². The monoisotopic (exact) mass is 262 g/mol. The number of halogens is 2. The van der Waals surface area contributed by atoms with Crippen LogP contribution < -0.4 is 5.73 Å². The topological polar surface area (TPSA) is 73.3 Å². The number of carbonyl (C=O) groups excluding carboxylic acids is 1. The molecule has 0 atom stereocenters. The Kier molecular flexibility index (Phi) is 5.95. The maximum atomic E-state index is 11.6. The number of fused-ring (bicyclic) bond motifs is 1. The highest BCUT2D eigenvalue weighted by atomic mass is 35.5. The van der Waals surface area contributed by atoms with E-state index in [0.717, 1.165) is 0 Å². The molecule has 7 heteroatoms. The molecule has 0 amide bonds. The van der Waals surface area contributed by atoms with Gasteiger partial charge in [0.05, 0.1) is 6.20 Å². The molecule has 0 saturated carbocycles. The average Bonchev–Trinajstić information content (AvgIpc) is 2.61. The molecule has 2 rings (SSSR count). The van der Waals surface area contributed by atoms with Crippen molar-refractivity contribution >= 4 is 36.4 Å². The summed E-state index contributed by atoms with van der Waals surface area (Å²) in [6.07, 6.45) is 5.27. The number of hydrogen-bond acceptors (Lipinski definition) is 4. The van der Waals surface area contributed by atoms with Crippen molar-refractivity contribution in [1.29, 1.82) is 0 Å². The number of rotatable bonds is 3. The molecule has 0 saturated heterocycles. The second kappa shape index (κ2) is 6.42. The summed E-state index contributed by atoms with van der Waals surface area (Å²) in [6, 6.07) is 1.76. The van der Waals surface area contributed by atoms with E-state index < -0.39 is 0 Å². The highest BCUT2D eigenvalue weighted by Gasteiger charge is 2.10. The van der Waals surface area contributed by atoms with Gasteiger partial charge in [-0.15, -0.1) is 24.8 Å². The molecule has 0 spiro atoms. The molecule has 2 N–H and O–H groups in total. The Morgan fingerprint density at radius 3 is 2.81 bits per heavy atom. The van der Waals surface area contributed by atoms with Crippen molar-refractivity contribution in [2.24, 2.45) is 5.73 Å². The lowest BCUT2D eigenvalue weighted by Crippen LogP contribution is -2.10. The smallest absolute Gasteiger partial charge is 0.234 e. The van der Waals surface area contributed by atoms with E-state index in [9.17, 15) is 4.79 Å². The Morgan fingerprint density at radius 1 is 1.38 bits per heavy atom. The number of Topliss-reactive ketones (excluding diaryl/α,β-unsaturated/α-hetero) is 1. The molecule has 88 valence electrons. The molecule has 5 nitrogen and oxygen atoms in total. The van der Waals surface area contributed by atoms with Gasteiger partial charge in [-0.1, -0.05) is 0 Å². The molecule has 0 aliphatic rings. The molecule has 2 aromatic rings. The van der Waals surface area contributed by atoms with Crippen molar-refractivity contribution < 1.29 is 4.79 Å². The fraction of sp³-hybridized carbons (Fsp3) is 0.222. The summed E-state index contributed by atoms with van der Waals surface area (Å²) in [7, 11) is 0. The Morgan fingerprint density at radius 2 is 2.12 bits per heavy atom. The lowest BCUT2D eigenvalue weighted by Gasteiger charge is -1.97. The van der Waals surface area contributed by atoms with Crippen LogP contribution in [0.15, 0.2) is 24.7 Å². The van der Waals surface area contributed by atoms with E-state index in [4.69, 9.17) is 5.73 Å². The van der Waals surface area contributed by atoms with Gasteiger partial charge in [-0.3, -0.25) is 9.20 Å². The lowest BCUT2D eigenvalue weighted by molar-refractivity contribution is 0.0980. The minimum absolute atomic E-state index is 0. The number of hydrogen-bond donors (Lipinski definition) is 1. The molecule has 0 fully saturated rings. The molecular formula is C9H12Cl2N4O. The van der Waals surface area contributed by atoms with Gasteiger partial charge in [0.15, 0.2) is 5.78 Å². The van der Waals surface area contributed by atoms with Gasteiger partial charge in [0.2, 0.25) is 5.78 Å². The van der Waals surface area contributed by atoms with Crippen molar-refractivity contribution in [3.05, 3.63) is 30.4 Å². The number of ketones is 1. The number of aromatic nitrogens is 3. The molecule has 0 radical (unpaired) electrons. The van der Waals surface area contributed by atoms with Crippen molar-refractivity contribution in [3.8, 4) is 0 Å². The van der Waals surface area contributed by atoms with Crippen LogP contribution in [0.4, 0.5) is 0 Å². The Labute approximate surface area is 105 Å². The van der Waals surface area contributed by atoms with Gasteiger partial charge in [-0.2, -0.15) is 0 Å². The van der Waals surface area contributed by atoms with E-state index in [2.05, 4.69) is 9.97 Å². The third kappa shape index (κ3) is 2.69. The predicted molar refractivity (Wildman–Crippen MR) is 65.5 cm³/mol. The summed E-state index contributed by atoms with van der Waals surface area (Å²) in [5, 5.41) is 0. The Hall–Kier alpha value is -1.17. The van der Waals surface area contributed by atoms with Gasteiger partial charge in [0.25, 0.3) is 0 Å². The van der Waals surface area contributed by atoms with Crippen LogP contribution in [0.2, 0.25) is 0 Å². The molecule has 2 heterocycles. The summed E-state index contributed by atoms with van der Waals surface area (Å²) in [6.45, 7) is 0.354. The molecule has 0 bridgehead atoms. The first-order chi connectivity index (χ1) is 6.83. The minimum Gasteiger partial charge on any atom is -0.330 e. The van der Waals surface area contributed by atoms with Crippen molar-refractivity contribution in [1.82, 2.24) is 14.4 Å². The summed E-state index contributed by atoms with van der Waals surface area (Å²) in [4.78, 5) is 19.6. The molecular weight excluding hydrogens is 251 g/mol. The van der Waals surface area contributed by atoms with Crippen LogP contribution in [-0.4, -0.2) is 26.7 Å². The first-order valence-corrected chi connectivity index (χ1v) is 4.34. The number of imidazole rings is 1. The zero-order valence-electron chi connectivity index (χ0n) is 8.37. The van der Waals surface area contributed by atoms with E-state index in [1.165, 1.54) is 6.20 Å². The van der Waals surface area contributed by atoms with Crippen LogP contribution in [0.25, 0.3) is 5.78 Å². The highest BCUT2D eigenvalue weighted by molar-refractivity contribution is 5.95. The van der Waals surface area contributed by atoms with Crippen molar-refractivity contribution in [2.45, 2.75) is 6.42 Å². The molecule has 2 aromatic heterocycles. The maximum Gasteiger partial charge on any atom is 0.234 e. The summed E-state index contributed by atoms with van der Waals surface area (Å²) in [5.74, 6) is 0.529. The normalized spacial score (nSPS) is 9.31. The number of carbonyl (C=O) groups is 1. The van der Waals surface area contributed by atoms with Crippen molar-refractivity contribution in [2.75, 3.05) is 6.54 Å². The Bertz CT molecular complexity index is 471. The van der Waals surface area contributed by atoms with Crippen LogP contribution in [0.1, 0.15) is 16.9 Å². The maximum absolute atomic E-state index is 11.6. The van der Waals surface area contributed by atoms with E-state index in [-0.39, 0.29) is 30.6 Å². The molecule has 16 heavy (non-hydrogen) atoms. The van der Waals surface area contributed by atoms with Gasteiger partial charge in [-0.25, -0.2) is 9.97 Å². The Balaban J connectivity index is 0.00000112. The molecule has 0 aliphatic carbocycles. The third-order valence-electron chi connectivity index (χ3n) is 1.95. The largest absolute Gasteiger partial charge is 0.330 e. The fourth-order valence-corrected chi connectivity index (χ4v) is 1.29. The second-order valence-corrected chi connectivity index (χ2v) is 2.89. The van der Waals surface area contributed by atoms with Gasteiger partial charge < -0.3 is 5.73 Å². The van der Waals surface area contributed by atoms with E-state index in [1.54, 1.807) is 22.9 Å². The van der Waals surface area contributed by atoms with Crippen molar-refractivity contribution in [3.63, 3.8) is 0 Å². The molecule has 0 unspecified atom stereocenters. The lowest BCUT2D eigenvalue weighted by atomic mass is 10.2. The summed E-state index contributed by atoms with van der Waals surface area (Å²) >= 11 is 0. The van der Waals surface area contributed by atoms with Crippen LogP contribution in [-0.2, 0) is 0 Å². The first-order valence-electron chi connectivity index (χ1n) is 4.34. The first kappa shape index (κ1) is 14.8. The summed E-state index contributed by atoms with van der Waals surface area (Å²) < 4.78 is 1.66. The number of nitrogens with two attached hydrogens (primary N) is 1. The van der Waals surface area contributed by atoms with E-state index in [1.807, 2.05) is 0 Å². The van der Waals surface area contributed by atoms with Gasteiger partial charge >= 0.3 is 0 Å². The van der Waals surface area contributed by atoms with Gasteiger partial charge in [0.1, 0.15) is 5.69 Å². The van der Waals surface area contributed by atoms with Crippen LogP contribution in [0.3, 0.4) is 0 Å². The van der Waals surface area contributed by atoms with Crippen LogP contribution >= 0.6 is 24.8 Å². The SMILES string of the molecule is Cl.Cl.NCCC(=O)c1cnc2ncccn12. The zero-order chi connectivity index (χ0) is 9.97. The molecule has 0 aliphatic heterocycles. The van der Waals surface area contributed by atoms with Gasteiger partial charge in [0, 0.05) is 18.8 Å². The quantitative estimate of drug-likeness (QED) is 0.842. The van der Waals surface area contributed by atoms with E-state index in [0.29, 0.717) is 24.4 Å². The average molecular weight is 263 g/mol. The zero-order valence-corrected chi connectivity index (χ0v) is 10.0. The standard InChI is InChI=1S/C9H10N4O.2ClH/c10-3-2-8(14)7-6-12-9-11-4-1-5-13(7)9;;/h1,4-6H,2-3,10H2;2*1H. The van der Waals surface area contributed by atoms with Crippen LogP contribution in [0, 0.1) is 0 Å². The third-order valence-corrected chi connectivity index (χ3v) is 1.95. The predicted octanol–water partition coefficient (Wildman–Crippen LogP) is 1.10. The highest BCUT2D eigenvalue weighted by Crippen LogP contribution is 2.05. The minimum atomic E-state index is -0.00648. The molecule has 0 aromatic carbocycles. The second-order valence-electron chi connectivity index (χ2n) is 2.89. The fourth-order valence-electron chi connectivity index (χ4n) is 1.29. The van der Waals surface area contributed by atoms with Gasteiger partial charge in [-0.05, 0) is 12.6 Å². The number of nitrogens with zero attached hydrogens (tertiary/aromatic N) is 3. The van der Waals surface area contributed by atoms with Crippen LogP contribution in [0.5, 0.6) is 0 Å². The summed E-state index contributed by atoms with van der Waals surface area (Å²) in [5.41, 5.74) is 5.85.